The molecule has 0 unspecified atom stereocenters. The molecule has 5 heteroatoms. The van der Waals surface area contributed by atoms with Crippen LogP contribution in [0.3, 0.4) is 0 Å². The van der Waals surface area contributed by atoms with E-state index in [0.29, 0.717) is 12.8 Å². The zero-order valence-corrected chi connectivity index (χ0v) is 8.33. The Morgan fingerprint density at radius 1 is 1.38 bits per heavy atom. The third-order valence-electron chi connectivity index (χ3n) is 2.98. The van der Waals surface area contributed by atoms with Crippen LogP contribution < -0.4 is 0 Å². The Balaban J connectivity index is 2.42. The highest BCUT2D eigenvalue weighted by atomic mass is 19.1. The zero-order chi connectivity index (χ0) is 11.9. The summed E-state index contributed by atoms with van der Waals surface area (Å²) in [5.41, 5.74) is -0.671. The number of carboxylic acids is 1. The predicted octanol–water partition coefficient (Wildman–Crippen LogP) is 2.18. The van der Waals surface area contributed by atoms with E-state index >= 15 is 0 Å². The van der Waals surface area contributed by atoms with E-state index in [-0.39, 0.29) is 12.0 Å². The summed E-state index contributed by atoms with van der Waals surface area (Å²) in [7, 11) is 0. The summed E-state index contributed by atoms with van der Waals surface area (Å²) in [6, 6.07) is 2.16. The van der Waals surface area contributed by atoms with Crippen LogP contribution in [0.1, 0.15) is 24.8 Å². The minimum absolute atomic E-state index is 0.0915. The molecule has 1 aliphatic rings. The van der Waals surface area contributed by atoms with Gasteiger partial charge in [0, 0.05) is 5.41 Å². The van der Waals surface area contributed by atoms with Crippen LogP contribution in [-0.4, -0.2) is 16.2 Å². The van der Waals surface area contributed by atoms with Gasteiger partial charge in [-0.25, -0.2) is 8.78 Å². The van der Waals surface area contributed by atoms with Crippen LogP contribution in [0, 0.1) is 11.6 Å². The Labute approximate surface area is 90.3 Å². The maximum Gasteiger partial charge on any atom is 0.304 e. The maximum atomic E-state index is 13.6. The number of aromatic hydroxyl groups is 1. The number of carbonyl (C=O) groups is 1. The molecule has 2 rings (SSSR count). The fourth-order valence-electron chi connectivity index (χ4n) is 1.93. The van der Waals surface area contributed by atoms with Crippen LogP contribution in [-0.2, 0) is 10.2 Å². The molecule has 2 N–H and O–H groups in total. The first-order valence-electron chi connectivity index (χ1n) is 4.85. The minimum atomic E-state index is -1.04. The van der Waals surface area contributed by atoms with Gasteiger partial charge in [0.05, 0.1) is 6.42 Å². The van der Waals surface area contributed by atoms with Crippen LogP contribution in [0.2, 0.25) is 0 Å². The maximum absolute atomic E-state index is 13.6. The van der Waals surface area contributed by atoms with E-state index in [1.54, 1.807) is 0 Å². The van der Waals surface area contributed by atoms with Crippen molar-refractivity contribution in [2.45, 2.75) is 24.7 Å². The number of carboxylic acid groups (broad SMARTS) is 1. The fraction of sp³-hybridized carbons (Fsp3) is 0.364. The van der Waals surface area contributed by atoms with Gasteiger partial charge in [0.2, 0.25) is 0 Å². The van der Waals surface area contributed by atoms with Crippen molar-refractivity contribution in [2.75, 3.05) is 0 Å². The number of hydrogen-bond acceptors (Lipinski definition) is 2. The third kappa shape index (κ3) is 1.62. The minimum Gasteiger partial charge on any atom is -0.503 e. The van der Waals surface area contributed by atoms with Crippen molar-refractivity contribution in [3.05, 3.63) is 29.3 Å². The van der Waals surface area contributed by atoms with Crippen molar-refractivity contribution in [2.24, 2.45) is 0 Å². The Hall–Kier alpha value is -1.65. The van der Waals surface area contributed by atoms with Gasteiger partial charge in [0.1, 0.15) is 0 Å². The van der Waals surface area contributed by atoms with E-state index in [2.05, 4.69) is 0 Å². The molecule has 1 aromatic carbocycles. The number of phenols is 1. The second kappa shape index (κ2) is 3.43. The van der Waals surface area contributed by atoms with Crippen molar-refractivity contribution in [1.29, 1.82) is 0 Å². The number of rotatable bonds is 3. The molecule has 0 spiro atoms. The molecule has 0 atom stereocenters. The van der Waals surface area contributed by atoms with Gasteiger partial charge >= 0.3 is 5.97 Å². The molecule has 0 aliphatic heterocycles. The molecule has 86 valence electrons. The van der Waals surface area contributed by atoms with Crippen molar-refractivity contribution in [3.63, 3.8) is 0 Å². The largest absolute Gasteiger partial charge is 0.503 e. The van der Waals surface area contributed by atoms with E-state index in [0.717, 1.165) is 6.07 Å². The molecule has 1 aliphatic carbocycles. The molecule has 0 aromatic heterocycles. The quantitative estimate of drug-likeness (QED) is 0.833. The second-order valence-corrected chi connectivity index (χ2v) is 4.11. The smallest absolute Gasteiger partial charge is 0.304 e. The Bertz CT molecular complexity index is 453. The van der Waals surface area contributed by atoms with Gasteiger partial charge in [-0.15, -0.1) is 0 Å². The average molecular weight is 228 g/mol. The predicted molar refractivity (Wildman–Crippen MR) is 51.2 cm³/mol. The van der Waals surface area contributed by atoms with Gasteiger partial charge in [-0.1, -0.05) is 6.07 Å². The summed E-state index contributed by atoms with van der Waals surface area (Å²) >= 11 is 0. The number of halogens is 2. The van der Waals surface area contributed by atoms with Crippen molar-refractivity contribution in [3.8, 4) is 5.75 Å². The Morgan fingerprint density at radius 3 is 2.50 bits per heavy atom. The van der Waals surface area contributed by atoms with Gasteiger partial charge < -0.3 is 10.2 Å². The molecule has 3 nitrogen and oxygen atoms in total. The van der Waals surface area contributed by atoms with E-state index in [1.165, 1.54) is 6.07 Å². The molecular formula is C11H10F2O3. The zero-order valence-electron chi connectivity index (χ0n) is 8.33. The van der Waals surface area contributed by atoms with Crippen LogP contribution >= 0.6 is 0 Å². The second-order valence-electron chi connectivity index (χ2n) is 4.11. The Morgan fingerprint density at radius 2 is 2.00 bits per heavy atom. The molecular weight excluding hydrogens is 218 g/mol. The van der Waals surface area contributed by atoms with Crippen molar-refractivity contribution >= 4 is 5.97 Å². The fourth-order valence-corrected chi connectivity index (χ4v) is 1.93. The van der Waals surface area contributed by atoms with Crippen LogP contribution in [0.25, 0.3) is 0 Å². The third-order valence-corrected chi connectivity index (χ3v) is 2.98. The highest BCUT2D eigenvalue weighted by Gasteiger charge is 2.48. The van der Waals surface area contributed by atoms with E-state index < -0.39 is 28.8 Å². The highest BCUT2D eigenvalue weighted by molar-refractivity contribution is 5.70. The van der Waals surface area contributed by atoms with Gasteiger partial charge in [-0.05, 0) is 24.5 Å². The topological polar surface area (TPSA) is 57.5 Å². The molecule has 16 heavy (non-hydrogen) atoms. The van der Waals surface area contributed by atoms with E-state index in [1.807, 2.05) is 0 Å². The van der Waals surface area contributed by atoms with E-state index in [9.17, 15) is 13.6 Å². The van der Waals surface area contributed by atoms with Gasteiger partial charge in [0.25, 0.3) is 0 Å². The summed E-state index contributed by atoms with van der Waals surface area (Å²) in [6.45, 7) is 0. The number of hydrogen-bond donors (Lipinski definition) is 2. The SMILES string of the molecule is O=C(O)CC1(c2ccc(F)c(O)c2F)CC1. The van der Waals surface area contributed by atoms with Crippen molar-refractivity contribution in [1.82, 2.24) is 0 Å². The first-order chi connectivity index (χ1) is 7.46. The van der Waals surface area contributed by atoms with Crippen LogP contribution in [0.15, 0.2) is 12.1 Å². The summed E-state index contributed by atoms with van der Waals surface area (Å²) in [5.74, 6) is -4.14. The van der Waals surface area contributed by atoms with Crippen LogP contribution in [0.4, 0.5) is 8.78 Å². The summed E-state index contributed by atoms with van der Waals surface area (Å²) < 4.78 is 26.4. The van der Waals surface area contributed by atoms with Crippen LogP contribution in [0.5, 0.6) is 5.75 Å². The summed E-state index contributed by atoms with van der Waals surface area (Å²) in [5, 5.41) is 17.8. The molecule has 0 radical (unpaired) electrons. The molecule has 1 saturated carbocycles. The van der Waals surface area contributed by atoms with Gasteiger partial charge in [-0.2, -0.15) is 0 Å². The number of phenolic OH excluding ortho intramolecular Hbond substituents is 1. The first-order valence-corrected chi connectivity index (χ1v) is 4.85. The molecule has 0 saturated heterocycles. The average Bonchev–Trinajstić information content (AvgIpc) is 2.94. The number of aliphatic carboxylic acids is 1. The molecule has 0 bridgehead atoms. The monoisotopic (exact) mass is 228 g/mol. The lowest BCUT2D eigenvalue weighted by molar-refractivity contribution is -0.137. The Kier molecular flexibility index (Phi) is 2.33. The van der Waals surface area contributed by atoms with Gasteiger partial charge in [0.15, 0.2) is 17.4 Å². The van der Waals surface area contributed by atoms with E-state index in [4.69, 9.17) is 10.2 Å². The normalized spacial score (nSPS) is 17.1. The summed E-state index contributed by atoms with van der Waals surface area (Å²) in [4.78, 5) is 10.6. The molecule has 0 amide bonds. The molecule has 1 aromatic rings. The first kappa shape index (κ1) is 10.9. The van der Waals surface area contributed by atoms with Gasteiger partial charge in [-0.3, -0.25) is 4.79 Å². The number of benzene rings is 1. The molecule has 0 heterocycles. The standard InChI is InChI=1S/C11H10F2O3/c12-7-2-1-6(9(13)10(7)16)11(3-4-11)5-8(14)15/h1-2,16H,3-5H2,(H,14,15). The highest BCUT2D eigenvalue weighted by Crippen LogP contribution is 2.52. The summed E-state index contributed by atoms with van der Waals surface area (Å²) in [6.07, 6.45) is 0.886. The lowest BCUT2D eigenvalue weighted by atomic mass is 9.91. The molecule has 1 fully saturated rings. The lowest BCUT2D eigenvalue weighted by Gasteiger charge is -2.14. The lowest BCUT2D eigenvalue weighted by Crippen LogP contribution is -2.15. The van der Waals surface area contributed by atoms with Crippen molar-refractivity contribution < 1.29 is 23.8 Å².